The van der Waals surface area contributed by atoms with Gasteiger partial charge in [0.1, 0.15) is 11.6 Å². The van der Waals surface area contributed by atoms with Gasteiger partial charge in [-0.1, -0.05) is 0 Å². The molecule has 0 aliphatic heterocycles. The van der Waals surface area contributed by atoms with Crippen LogP contribution in [0.25, 0.3) is 0 Å². The van der Waals surface area contributed by atoms with Crippen LogP contribution in [0.1, 0.15) is 11.7 Å². The number of carbonyl (C=O) groups is 1. The maximum atomic E-state index is 12.7. The Morgan fingerprint density at radius 2 is 1.94 bits per heavy atom. The van der Waals surface area contributed by atoms with Gasteiger partial charge >= 0.3 is 12.3 Å². The van der Waals surface area contributed by atoms with Gasteiger partial charge < -0.3 is 14.9 Å². The van der Waals surface area contributed by atoms with E-state index in [1.165, 1.54) is 0 Å². The maximum Gasteiger partial charge on any atom is 0.573 e. The molecular formula is C9H6F4O4. The molecule has 94 valence electrons. The Morgan fingerprint density at radius 1 is 1.35 bits per heavy atom. The molecule has 1 rings (SSSR count). The Hall–Kier alpha value is -1.83. The van der Waals surface area contributed by atoms with E-state index in [4.69, 9.17) is 10.2 Å². The van der Waals surface area contributed by atoms with Crippen LogP contribution < -0.4 is 4.74 Å². The van der Waals surface area contributed by atoms with Crippen molar-refractivity contribution in [1.29, 1.82) is 0 Å². The zero-order valence-corrected chi connectivity index (χ0v) is 8.03. The molecular weight excluding hydrogens is 248 g/mol. The lowest BCUT2D eigenvalue weighted by molar-refractivity contribution is -0.275. The number of rotatable bonds is 3. The third-order valence-electron chi connectivity index (χ3n) is 1.73. The summed E-state index contributed by atoms with van der Waals surface area (Å²) in [4.78, 5) is 10.4. The number of carboxylic acids is 1. The van der Waals surface area contributed by atoms with Crippen molar-refractivity contribution < 1.29 is 37.3 Å². The minimum atomic E-state index is -5.11. The molecule has 0 saturated heterocycles. The molecule has 0 radical (unpaired) electrons. The number of aliphatic carboxylic acids is 1. The number of carboxylic acid groups (broad SMARTS) is 1. The van der Waals surface area contributed by atoms with Crippen molar-refractivity contribution in [3.05, 3.63) is 29.6 Å². The summed E-state index contributed by atoms with van der Waals surface area (Å²) in [6.07, 6.45) is -7.34. The second-order valence-electron chi connectivity index (χ2n) is 2.97. The molecule has 1 atom stereocenters. The molecule has 0 aromatic heterocycles. The van der Waals surface area contributed by atoms with Gasteiger partial charge in [0.2, 0.25) is 0 Å². The average molecular weight is 254 g/mol. The van der Waals surface area contributed by atoms with E-state index in [0.717, 1.165) is 0 Å². The van der Waals surface area contributed by atoms with Gasteiger partial charge in [0.15, 0.2) is 6.10 Å². The fraction of sp³-hybridized carbons (Fsp3) is 0.222. The summed E-state index contributed by atoms with van der Waals surface area (Å²) < 4.78 is 52.0. The fourth-order valence-corrected chi connectivity index (χ4v) is 1.08. The van der Waals surface area contributed by atoms with Crippen LogP contribution in [0.3, 0.4) is 0 Å². The second kappa shape index (κ2) is 4.58. The van der Waals surface area contributed by atoms with Crippen LogP contribution in [0.2, 0.25) is 0 Å². The smallest absolute Gasteiger partial charge is 0.479 e. The number of hydrogen-bond donors (Lipinski definition) is 2. The topological polar surface area (TPSA) is 66.8 Å². The minimum absolute atomic E-state index is 0.342. The molecule has 2 N–H and O–H groups in total. The van der Waals surface area contributed by atoms with Crippen LogP contribution >= 0.6 is 0 Å². The van der Waals surface area contributed by atoms with Gasteiger partial charge in [-0.2, -0.15) is 0 Å². The predicted molar refractivity (Wildman–Crippen MR) is 45.7 cm³/mol. The van der Waals surface area contributed by atoms with E-state index in [9.17, 15) is 22.4 Å². The lowest BCUT2D eigenvalue weighted by Gasteiger charge is -2.14. The van der Waals surface area contributed by atoms with Crippen LogP contribution in [-0.4, -0.2) is 22.5 Å². The number of alkyl halides is 3. The number of ether oxygens (including phenoxy) is 1. The highest BCUT2D eigenvalue weighted by molar-refractivity contribution is 5.75. The molecule has 0 aliphatic rings. The molecule has 0 heterocycles. The third-order valence-corrected chi connectivity index (χ3v) is 1.73. The highest BCUT2D eigenvalue weighted by Crippen LogP contribution is 2.31. The summed E-state index contributed by atoms with van der Waals surface area (Å²) in [5, 5.41) is 17.5. The van der Waals surface area contributed by atoms with Gasteiger partial charge in [-0.05, 0) is 12.1 Å². The molecule has 0 spiro atoms. The van der Waals surface area contributed by atoms with E-state index in [1.807, 2.05) is 0 Å². The van der Waals surface area contributed by atoms with Crippen molar-refractivity contribution in [2.75, 3.05) is 0 Å². The first-order valence-electron chi connectivity index (χ1n) is 4.17. The molecule has 0 saturated carbocycles. The minimum Gasteiger partial charge on any atom is -0.479 e. The first-order chi connectivity index (χ1) is 7.70. The SMILES string of the molecule is O=C(O)C(O)c1ccc(F)cc1OC(F)(F)F. The van der Waals surface area contributed by atoms with Crippen LogP contribution in [0.15, 0.2) is 18.2 Å². The first-order valence-corrected chi connectivity index (χ1v) is 4.17. The van der Waals surface area contributed by atoms with Crippen molar-refractivity contribution in [1.82, 2.24) is 0 Å². The van der Waals surface area contributed by atoms with Gasteiger partial charge in [-0.3, -0.25) is 0 Å². The molecule has 1 aromatic rings. The average Bonchev–Trinajstić information content (AvgIpc) is 2.14. The van der Waals surface area contributed by atoms with Gasteiger partial charge in [0.25, 0.3) is 0 Å². The Kier molecular flexibility index (Phi) is 3.56. The second-order valence-corrected chi connectivity index (χ2v) is 2.97. The lowest BCUT2D eigenvalue weighted by Crippen LogP contribution is -2.20. The normalized spacial score (nSPS) is 13.2. The lowest BCUT2D eigenvalue weighted by atomic mass is 10.1. The standard InChI is InChI=1S/C9H6F4O4/c10-4-1-2-5(7(14)8(15)16)6(3-4)17-9(11,12)13/h1-3,7,14H,(H,15,16). The van der Waals surface area contributed by atoms with Gasteiger partial charge in [-0.15, -0.1) is 13.2 Å². The van der Waals surface area contributed by atoms with Crippen molar-refractivity contribution in [3.8, 4) is 5.75 Å². The van der Waals surface area contributed by atoms with Crippen LogP contribution in [0, 0.1) is 5.82 Å². The molecule has 17 heavy (non-hydrogen) atoms. The maximum absolute atomic E-state index is 12.7. The molecule has 0 fully saturated rings. The highest BCUT2D eigenvalue weighted by atomic mass is 19.4. The quantitative estimate of drug-likeness (QED) is 0.808. The first kappa shape index (κ1) is 13.2. The molecule has 0 bridgehead atoms. The van der Waals surface area contributed by atoms with Crippen molar-refractivity contribution in [3.63, 3.8) is 0 Å². The fourth-order valence-electron chi connectivity index (χ4n) is 1.08. The molecule has 0 amide bonds. The summed E-state index contributed by atoms with van der Waals surface area (Å²) in [6, 6.07) is 1.76. The molecule has 4 nitrogen and oxygen atoms in total. The summed E-state index contributed by atoms with van der Waals surface area (Å²) in [6.45, 7) is 0. The molecule has 1 unspecified atom stereocenters. The van der Waals surface area contributed by atoms with E-state index in [2.05, 4.69) is 4.74 Å². The van der Waals surface area contributed by atoms with Gasteiger partial charge in [0, 0.05) is 11.6 Å². The van der Waals surface area contributed by atoms with Gasteiger partial charge in [-0.25, -0.2) is 9.18 Å². The third kappa shape index (κ3) is 3.59. The monoisotopic (exact) mass is 254 g/mol. The molecule has 1 aromatic carbocycles. The summed E-state index contributed by atoms with van der Waals surface area (Å²) in [7, 11) is 0. The summed E-state index contributed by atoms with van der Waals surface area (Å²) >= 11 is 0. The Labute approximate surface area is 92.1 Å². The van der Waals surface area contributed by atoms with Crippen molar-refractivity contribution in [2.45, 2.75) is 12.5 Å². The highest BCUT2D eigenvalue weighted by Gasteiger charge is 2.34. The summed E-state index contributed by atoms with van der Waals surface area (Å²) in [5.41, 5.74) is -0.684. The van der Waals surface area contributed by atoms with Crippen molar-refractivity contribution >= 4 is 5.97 Å². The van der Waals surface area contributed by atoms with E-state index in [-0.39, 0.29) is 0 Å². The van der Waals surface area contributed by atoms with E-state index in [1.54, 1.807) is 0 Å². The van der Waals surface area contributed by atoms with E-state index >= 15 is 0 Å². The number of aliphatic hydroxyl groups is 1. The molecule has 8 heteroatoms. The Bertz CT molecular complexity index is 429. The van der Waals surface area contributed by atoms with Gasteiger partial charge in [0.05, 0.1) is 0 Å². The van der Waals surface area contributed by atoms with Crippen LogP contribution in [0.5, 0.6) is 5.75 Å². The Morgan fingerprint density at radius 3 is 2.41 bits per heavy atom. The summed E-state index contributed by atoms with van der Waals surface area (Å²) in [5.74, 6) is -3.92. The number of benzene rings is 1. The van der Waals surface area contributed by atoms with Crippen LogP contribution in [0.4, 0.5) is 17.6 Å². The zero-order chi connectivity index (χ0) is 13.2. The Balaban J connectivity index is 3.17. The number of halogens is 4. The van der Waals surface area contributed by atoms with E-state index in [0.29, 0.717) is 18.2 Å². The zero-order valence-electron chi connectivity index (χ0n) is 8.03. The molecule has 0 aliphatic carbocycles. The predicted octanol–water partition coefficient (Wildman–Crippen LogP) is 1.84. The number of aliphatic hydroxyl groups excluding tert-OH is 1. The van der Waals surface area contributed by atoms with Crippen LogP contribution in [-0.2, 0) is 4.79 Å². The number of hydrogen-bond acceptors (Lipinski definition) is 3. The van der Waals surface area contributed by atoms with Crippen molar-refractivity contribution in [2.24, 2.45) is 0 Å². The van der Waals surface area contributed by atoms with E-state index < -0.39 is 35.6 Å². The largest absolute Gasteiger partial charge is 0.573 e.